The summed E-state index contributed by atoms with van der Waals surface area (Å²) in [6, 6.07) is 16.7. The van der Waals surface area contributed by atoms with Gasteiger partial charge in [-0.05, 0) is 35.9 Å². The van der Waals surface area contributed by atoms with E-state index in [9.17, 15) is 13.2 Å². The van der Waals surface area contributed by atoms with Gasteiger partial charge in [0.2, 0.25) is 5.95 Å². The first-order valence-electron chi connectivity index (χ1n) is 8.64. The van der Waals surface area contributed by atoms with Crippen LogP contribution in [0.5, 0.6) is 0 Å². The monoisotopic (exact) mass is 429 g/mol. The van der Waals surface area contributed by atoms with Crippen molar-refractivity contribution in [1.82, 2.24) is 15.0 Å². The van der Waals surface area contributed by atoms with Crippen LogP contribution in [0.3, 0.4) is 0 Å². The third-order valence-electron chi connectivity index (χ3n) is 4.38. The molecule has 0 radical (unpaired) electrons. The van der Waals surface area contributed by atoms with E-state index in [-0.39, 0.29) is 22.8 Å². The van der Waals surface area contributed by atoms with Crippen LogP contribution in [0.25, 0.3) is 0 Å². The number of hydrogen-bond acceptors (Lipinski definition) is 6. The highest BCUT2D eigenvalue weighted by atomic mass is 35.5. The van der Waals surface area contributed by atoms with E-state index < -0.39 is 15.4 Å². The first kappa shape index (κ1) is 19.2. The second-order valence-electron chi connectivity index (χ2n) is 6.28. The maximum Gasteiger partial charge on any atom is 0.264 e. The summed E-state index contributed by atoms with van der Waals surface area (Å²) < 4.78 is 27.2. The van der Waals surface area contributed by atoms with Gasteiger partial charge in [-0.2, -0.15) is 0 Å². The van der Waals surface area contributed by atoms with Gasteiger partial charge in [0.25, 0.3) is 15.9 Å². The summed E-state index contributed by atoms with van der Waals surface area (Å²) in [6.45, 7) is 0. The molecule has 1 saturated heterocycles. The summed E-state index contributed by atoms with van der Waals surface area (Å²) in [6.07, 6.45) is 2.88. The third-order valence-corrected chi connectivity index (χ3v) is 6.14. The Kier molecular flexibility index (Phi) is 5.08. The number of carbonyl (C=O) groups is 1. The number of anilines is 2. The van der Waals surface area contributed by atoms with Crippen LogP contribution >= 0.6 is 11.6 Å². The highest BCUT2D eigenvalue weighted by Gasteiger charge is 2.47. The Morgan fingerprint density at radius 3 is 2.24 bits per heavy atom. The van der Waals surface area contributed by atoms with Crippen LogP contribution in [-0.2, 0) is 14.8 Å². The minimum absolute atomic E-state index is 0.0141. The van der Waals surface area contributed by atoms with E-state index in [2.05, 4.69) is 20.1 Å². The number of alkyl halides is 1. The maximum absolute atomic E-state index is 12.4. The molecule has 2 N–H and O–H groups in total. The standard InChI is InChI=1S/C19H16ClN5O3S/c20-16-17(13-5-2-1-3-6-13)25(18(16)26)23-14-7-9-15(10-8-14)29(27,28)24-19-21-11-4-12-22-19/h1-12,16-17,23H,(H,21,22,24). The summed E-state index contributed by atoms with van der Waals surface area (Å²) in [5.41, 5.74) is 4.46. The molecule has 10 heteroatoms. The van der Waals surface area contributed by atoms with Crippen molar-refractivity contribution in [2.24, 2.45) is 0 Å². The van der Waals surface area contributed by atoms with Gasteiger partial charge in [-0.3, -0.25) is 10.2 Å². The molecule has 3 aromatic rings. The fraction of sp³-hybridized carbons (Fsp3) is 0.105. The van der Waals surface area contributed by atoms with Gasteiger partial charge in [0.05, 0.1) is 10.6 Å². The van der Waals surface area contributed by atoms with E-state index in [1.165, 1.54) is 29.5 Å². The Bertz CT molecular complexity index is 1110. The fourth-order valence-electron chi connectivity index (χ4n) is 2.93. The van der Waals surface area contributed by atoms with Crippen LogP contribution in [0.15, 0.2) is 78.0 Å². The van der Waals surface area contributed by atoms with Crippen molar-refractivity contribution in [3.05, 3.63) is 78.6 Å². The van der Waals surface area contributed by atoms with Crippen LogP contribution in [0.1, 0.15) is 11.6 Å². The molecule has 0 aliphatic carbocycles. The van der Waals surface area contributed by atoms with Gasteiger partial charge in [-0.1, -0.05) is 30.3 Å². The predicted octanol–water partition coefficient (Wildman–Crippen LogP) is 2.80. The maximum atomic E-state index is 12.4. The second kappa shape index (κ2) is 7.69. The zero-order chi connectivity index (χ0) is 20.4. The van der Waals surface area contributed by atoms with E-state index in [0.29, 0.717) is 5.69 Å². The number of amides is 1. The normalized spacial score (nSPS) is 18.8. The molecule has 1 amide bonds. The van der Waals surface area contributed by atoms with E-state index in [1.54, 1.807) is 18.2 Å². The fourth-order valence-corrected chi connectivity index (χ4v) is 4.25. The number of nitrogens with zero attached hydrogens (tertiary/aromatic N) is 3. The molecule has 4 rings (SSSR count). The second-order valence-corrected chi connectivity index (χ2v) is 8.43. The first-order chi connectivity index (χ1) is 14.0. The van der Waals surface area contributed by atoms with Crippen LogP contribution in [-0.4, -0.2) is 34.7 Å². The number of hydrazine groups is 1. The molecule has 8 nitrogen and oxygen atoms in total. The highest BCUT2D eigenvalue weighted by Crippen LogP contribution is 2.38. The molecule has 1 aliphatic rings. The van der Waals surface area contributed by atoms with E-state index >= 15 is 0 Å². The zero-order valence-electron chi connectivity index (χ0n) is 14.9. The molecule has 2 atom stereocenters. The van der Waals surface area contributed by atoms with E-state index in [1.807, 2.05) is 30.3 Å². The quantitative estimate of drug-likeness (QED) is 0.461. The number of hydrogen-bond donors (Lipinski definition) is 2. The minimum Gasteiger partial charge on any atom is -0.295 e. The van der Waals surface area contributed by atoms with Gasteiger partial charge >= 0.3 is 0 Å². The van der Waals surface area contributed by atoms with Crippen molar-refractivity contribution in [2.45, 2.75) is 16.3 Å². The number of halogens is 1. The molecule has 148 valence electrons. The lowest BCUT2D eigenvalue weighted by atomic mass is 9.95. The van der Waals surface area contributed by atoms with Crippen LogP contribution in [0.4, 0.5) is 11.6 Å². The molecule has 0 saturated carbocycles. The summed E-state index contributed by atoms with van der Waals surface area (Å²) in [7, 11) is -3.83. The lowest BCUT2D eigenvalue weighted by Crippen LogP contribution is -2.58. The van der Waals surface area contributed by atoms with Crippen molar-refractivity contribution >= 4 is 39.2 Å². The van der Waals surface area contributed by atoms with Crippen molar-refractivity contribution < 1.29 is 13.2 Å². The number of aromatic nitrogens is 2. The smallest absolute Gasteiger partial charge is 0.264 e. The molecule has 1 fully saturated rings. The Morgan fingerprint density at radius 2 is 1.59 bits per heavy atom. The summed E-state index contributed by atoms with van der Waals surface area (Å²) in [5.74, 6) is -0.264. The molecule has 2 aromatic carbocycles. The van der Waals surface area contributed by atoms with Crippen molar-refractivity contribution in [2.75, 3.05) is 10.1 Å². The molecule has 0 spiro atoms. The molecular weight excluding hydrogens is 414 g/mol. The Balaban J connectivity index is 1.49. The topological polar surface area (TPSA) is 104 Å². The first-order valence-corrected chi connectivity index (χ1v) is 10.6. The summed E-state index contributed by atoms with van der Waals surface area (Å²) in [4.78, 5) is 19.9. The van der Waals surface area contributed by atoms with Gasteiger partial charge in [0.1, 0.15) is 11.4 Å². The molecule has 1 aromatic heterocycles. The number of β-lactam (4-membered cyclic amide) rings is 1. The summed E-state index contributed by atoms with van der Waals surface area (Å²) >= 11 is 6.19. The highest BCUT2D eigenvalue weighted by molar-refractivity contribution is 7.92. The van der Waals surface area contributed by atoms with E-state index in [0.717, 1.165) is 5.56 Å². The molecular formula is C19H16ClN5O3S. The van der Waals surface area contributed by atoms with Gasteiger partial charge in [-0.15, -0.1) is 11.6 Å². The van der Waals surface area contributed by atoms with Gasteiger partial charge < -0.3 is 0 Å². The number of carbonyl (C=O) groups excluding carboxylic acids is 1. The average Bonchev–Trinajstić information content (AvgIpc) is 2.74. The number of rotatable bonds is 6. The van der Waals surface area contributed by atoms with Crippen LogP contribution in [0.2, 0.25) is 0 Å². The number of nitrogens with one attached hydrogen (secondary N) is 2. The van der Waals surface area contributed by atoms with Crippen LogP contribution < -0.4 is 10.1 Å². The lowest BCUT2D eigenvalue weighted by Gasteiger charge is -2.44. The third kappa shape index (κ3) is 3.87. The van der Waals surface area contributed by atoms with Crippen LogP contribution in [0, 0.1) is 0 Å². The van der Waals surface area contributed by atoms with Crippen molar-refractivity contribution in [1.29, 1.82) is 0 Å². The Labute approximate surface area is 172 Å². The number of benzene rings is 2. The molecule has 1 aliphatic heterocycles. The minimum atomic E-state index is -3.83. The SMILES string of the molecule is O=C1C(Cl)C(c2ccccc2)N1Nc1ccc(S(=O)(=O)Nc2ncccn2)cc1. The molecule has 29 heavy (non-hydrogen) atoms. The Morgan fingerprint density at radius 1 is 0.931 bits per heavy atom. The summed E-state index contributed by atoms with van der Waals surface area (Å²) in [5, 5.41) is 0.784. The Hall–Kier alpha value is -3.17. The van der Waals surface area contributed by atoms with Crippen molar-refractivity contribution in [3.8, 4) is 0 Å². The van der Waals surface area contributed by atoms with Crippen molar-refractivity contribution in [3.63, 3.8) is 0 Å². The van der Waals surface area contributed by atoms with Gasteiger partial charge in [-0.25, -0.2) is 28.1 Å². The zero-order valence-corrected chi connectivity index (χ0v) is 16.5. The molecule has 2 heterocycles. The number of sulfonamides is 1. The van der Waals surface area contributed by atoms with Gasteiger partial charge in [0.15, 0.2) is 0 Å². The lowest BCUT2D eigenvalue weighted by molar-refractivity contribution is -0.143. The molecule has 2 unspecified atom stereocenters. The predicted molar refractivity (Wildman–Crippen MR) is 109 cm³/mol. The largest absolute Gasteiger partial charge is 0.295 e. The average molecular weight is 430 g/mol. The molecule has 0 bridgehead atoms. The van der Waals surface area contributed by atoms with E-state index in [4.69, 9.17) is 11.6 Å². The van der Waals surface area contributed by atoms with Gasteiger partial charge in [0, 0.05) is 12.4 Å².